The standard InChI is InChI=1S/C10H16F3NO/c1-2-9(14-15-10(11,12)13)8-6-4-3-5-7-8/h8H,2-7H2,1H3/b14-9+. The maximum absolute atomic E-state index is 11.8. The first kappa shape index (κ1) is 12.3. The maximum Gasteiger partial charge on any atom is 0.593 e. The largest absolute Gasteiger partial charge is 0.593 e. The molecule has 15 heavy (non-hydrogen) atoms. The third-order valence-corrected chi connectivity index (χ3v) is 2.71. The summed E-state index contributed by atoms with van der Waals surface area (Å²) in [6.07, 6.45) is 1.08. The van der Waals surface area contributed by atoms with Crippen LogP contribution in [0.5, 0.6) is 0 Å². The van der Waals surface area contributed by atoms with Crippen LogP contribution in [0.4, 0.5) is 13.2 Å². The van der Waals surface area contributed by atoms with Crippen molar-refractivity contribution in [3.63, 3.8) is 0 Å². The number of halogens is 3. The first-order valence-corrected chi connectivity index (χ1v) is 5.34. The molecule has 0 spiro atoms. The normalized spacial score (nSPS) is 20.4. The summed E-state index contributed by atoms with van der Waals surface area (Å²) in [4.78, 5) is 3.52. The second-order valence-corrected chi connectivity index (χ2v) is 3.81. The van der Waals surface area contributed by atoms with E-state index in [0.29, 0.717) is 12.1 Å². The van der Waals surface area contributed by atoms with Crippen LogP contribution in [0.15, 0.2) is 5.16 Å². The van der Waals surface area contributed by atoms with Crippen molar-refractivity contribution < 1.29 is 18.0 Å². The van der Waals surface area contributed by atoms with Crippen molar-refractivity contribution in [2.24, 2.45) is 11.1 Å². The molecule has 1 fully saturated rings. The monoisotopic (exact) mass is 223 g/mol. The first-order valence-electron chi connectivity index (χ1n) is 5.34. The van der Waals surface area contributed by atoms with Gasteiger partial charge in [0.2, 0.25) is 0 Å². The third-order valence-electron chi connectivity index (χ3n) is 2.71. The van der Waals surface area contributed by atoms with Crippen molar-refractivity contribution in [3.8, 4) is 0 Å². The third kappa shape index (κ3) is 4.53. The number of oxime groups is 1. The van der Waals surface area contributed by atoms with Crippen LogP contribution in [-0.4, -0.2) is 12.1 Å². The van der Waals surface area contributed by atoms with Crippen molar-refractivity contribution in [3.05, 3.63) is 0 Å². The summed E-state index contributed by atoms with van der Waals surface area (Å²) in [5, 5.41) is 3.23. The number of alkyl halides is 3. The second-order valence-electron chi connectivity index (χ2n) is 3.81. The van der Waals surface area contributed by atoms with Crippen LogP contribution in [0.3, 0.4) is 0 Å². The minimum atomic E-state index is -4.66. The number of nitrogens with zero attached hydrogens (tertiary/aromatic N) is 1. The Balaban J connectivity index is 2.53. The molecule has 0 aliphatic heterocycles. The van der Waals surface area contributed by atoms with Crippen LogP contribution in [0.2, 0.25) is 0 Å². The van der Waals surface area contributed by atoms with Crippen molar-refractivity contribution in [1.82, 2.24) is 0 Å². The lowest BCUT2D eigenvalue weighted by molar-refractivity contribution is -0.325. The van der Waals surface area contributed by atoms with E-state index in [1.165, 1.54) is 6.42 Å². The van der Waals surface area contributed by atoms with E-state index in [4.69, 9.17) is 0 Å². The van der Waals surface area contributed by atoms with E-state index >= 15 is 0 Å². The minimum absolute atomic E-state index is 0.186. The lowest BCUT2D eigenvalue weighted by atomic mass is 9.85. The molecule has 0 amide bonds. The molecule has 0 aromatic heterocycles. The molecule has 0 radical (unpaired) electrons. The molecule has 0 N–H and O–H groups in total. The molecule has 5 heteroatoms. The zero-order valence-corrected chi connectivity index (χ0v) is 8.81. The Morgan fingerprint density at radius 3 is 2.33 bits per heavy atom. The van der Waals surface area contributed by atoms with E-state index in [1.807, 2.05) is 6.92 Å². The van der Waals surface area contributed by atoms with Gasteiger partial charge in [0, 0.05) is 5.92 Å². The number of hydrogen-bond acceptors (Lipinski definition) is 2. The molecule has 0 bridgehead atoms. The van der Waals surface area contributed by atoms with Crippen LogP contribution >= 0.6 is 0 Å². The molecule has 0 atom stereocenters. The van der Waals surface area contributed by atoms with Crippen molar-refractivity contribution in [1.29, 1.82) is 0 Å². The van der Waals surface area contributed by atoms with Crippen molar-refractivity contribution in [2.75, 3.05) is 0 Å². The molecule has 1 aliphatic rings. The molecule has 2 nitrogen and oxygen atoms in total. The van der Waals surface area contributed by atoms with E-state index in [-0.39, 0.29) is 5.92 Å². The molecule has 0 heterocycles. The average Bonchev–Trinajstić information content (AvgIpc) is 2.19. The summed E-state index contributed by atoms with van der Waals surface area (Å²) in [5.74, 6) is 0.186. The van der Waals surface area contributed by atoms with Gasteiger partial charge < -0.3 is 0 Å². The Kier molecular flexibility index (Phi) is 4.42. The van der Waals surface area contributed by atoms with Gasteiger partial charge in [-0.05, 0) is 19.3 Å². The van der Waals surface area contributed by atoms with Gasteiger partial charge in [0.05, 0.1) is 5.71 Å². The Morgan fingerprint density at radius 1 is 1.27 bits per heavy atom. The Hall–Kier alpha value is -0.740. The predicted molar refractivity (Wildman–Crippen MR) is 51.4 cm³/mol. The molecule has 0 unspecified atom stereocenters. The topological polar surface area (TPSA) is 21.6 Å². The molecular formula is C10H16F3NO. The molecule has 1 saturated carbocycles. The lowest BCUT2D eigenvalue weighted by Gasteiger charge is -2.22. The van der Waals surface area contributed by atoms with Gasteiger partial charge in [-0.1, -0.05) is 31.3 Å². The SMILES string of the molecule is CC/C(=N\OC(F)(F)F)C1CCCCC1. The van der Waals surface area contributed by atoms with Crippen LogP contribution in [0.1, 0.15) is 45.4 Å². The number of hydrogen-bond donors (Lipinski definition) is 0. The number of rotatable bonds is 3. The summed E-state index contributed by atoms with van der Waals surface area (Å²) in [6, 6.07) is 0. The molecule has 1 rings (SSSR count). The van der Waals surface area contributed by atoms with Gasteiger partial charge in [0.25, 0.3) is 0 Å². The van der Waals surface area contributed by atoms with Gasteiger partial charge in [0.1, 0.15) is 0 Å². The molecule has 0 aromatic rings. The van der Waals surface area contributed by atoms with E-state index in [1.54, 1.807) is 0 Å². The van der Waals surface area contributed by atoms with Crippen molar-refractivity contribution >= 4 is 5.71 Å². The van der Waals surface area contributed by atoms with Gasteiger partial charge in [-0.2, -0.15) is 0 Å². The highest BCUT2D eigenvalue weighted by molar-refractivity contribution is 5.86. The quantitative estimate of drug-likeness (QED) is 0.525. The second kappa shape index (κ2) is 5.37. The Morgan fingerprint density at radius 2 is 1.87 bits per heavy atom. The van der Waals surface area contributed by atoms with Gasteiger partial charge in [-0.25, -0.2) is 0 Å². The van der Waals surface area contributed by atoms with E-state index < -0.39 is 6.36 Å². The molecule has 0 saturated heterocycles. The van der Waals surface area contributed by atoms with Gasteiger partial charge in [-0.15, -0.1) is 13.2 Å². The van der Waals surface area contributed by atoms with E-state index in [9.17, 15) is 13.2 Å². The zero-order valence-electron chi connectivity index (χ0n) is 8.81. The summed E-state index contributed by atoms with van der Waals surface area (Å²) in [7, 11) is 0. The summed E-state index contributed by atoms with van der Waals surface area (Å²) < 4.78 is 35.4. The van der Waals surface area contributed by atoms with Crippen LogP contribution < -0.4 is 0 Å². The first-order chi connectivity index (χ1) is 7.03. The smallest absolute Gasteiger partial charge is 0.294 e. The summed E-state index contributed by atoms with van der Waals surface area (Å²) >= 11 is 0. The fourth-order valence-corrected chi connectivity index (χ4v) is 1.97. The summed E-state index contributed by atoms with van der Waals surface area (Å²) in [6.45, 7) is 1.81. The minimum Gasteiger partial charge on any atom is -0.294 e. The molecule has 0 aromatic carbocycles. The lowest BCUT2D eigenvalue weighted by Crippen LogP contribution is -2.19. The Bertz CT molecular complexity index is 219. The van der Waals surface area contributed by atoms with Crippen LogP contribution in [0.25, 0.3) is 0 Å². The highest BCUT2D eigenvalue weighted by Gasteiger charge is 2.32. The van der Waals surface area contributed by atoms with E-state index in [0.717, 1.165) is 25.7 Å². The fraction of sp³-hybridized carbons (Fsp3) is 0.900. The molecular weight excluding hydrogens is 207 g/mol. The molecule has 1 aliphatic carbocycles. The molecule has 88 valence electrons. The summed E-state index contributed by atoms with van der Waals surface area (Å²) in [5.41, 5.74) is 0.548. The van der Waals surface area contributed by atoms with Crippen molar-refractivity contribution in [2.45, 2.75) is 51.8 Å². The maximum atomic E-state index is 11.8. The predicted octanol–water partition coefficient (Wildman–Crippen LogP) is 3.87. The van der Waals surface area contributed by atoms with Crippen LogP contribution in [-0.2, 0) is 4.84 Å². The van der Waals surface area contributed by atoms with E-state index in [2.05, 4.69) is 9.99 Å². The fourth-order valence-electron chi connectivity index (χ4n) is 1.97. The average molecular weight is 223 g/mol. The zero-order chi connectivity index (χ0) is 11.3. The van der Waals surface area contributed by atoms with Crippen LogP contribution in [0, 0.1) is 5.92 Å². The van der Waals surface area contributed by atoms with Gasteiger partial charge in [-0.3, -0.25) is 4.84 Å². The van der Waals surface area contributed by atoms with Gasteiger partial charge >= 0.3 is 6.36 Å². The Labute approximate surface area is 87.5 Å². The highest BCUT2D eigenvalue weighted by atomic mass is 19.4. The van der Waals surface area contributed by atoms with Gasteiger partial charge in [0.15, 0.2) is 0 Å². The highest BCUT2D eigenvalue weighted by Crippen LogP contribution is 2.27.